The Kier molecular flexibility index (Phi) is 3.86. The molecule has 5 nitrogen and oxygen atoms in total. The van der Waals surface area contributed by atoms with Crippen molar-refractivity contribution in [2.45, 2.75) is 32.4 Å². The van der Waals surface area contributed by atoms with Crippen molar-refractivity contribution in [2.24, 2.45) is 5.92 Å². The summed E-state index contributed by atoms with van der Waals surface area (Å²) in [5, 5.41) is 0.780. The molecule has 6 heteroatoms. The average Bonchev–Trinajstić information content (AvgIpc) is 2.99. The van der Waals surface area contributed by atoms with Gasteiger partial charge in [0.1, 0.15) is 5.82 Å². The van der Waals surface area contributed by atoms with E-state index in [9.17, 15) is 14.0 Å². The fourth-order valence-corrected chi connectivity index (χ4v) is 3.35. The molecule has 1 saturated heterocycles. The molecule has 1 aromatic carbocycles. The highest BCUT2D eigenvalue weighted by Gasteiger charge is 2.48. The molecule has 0 bridgehead atoms. The summed E-state index contributed by atoms with van der Waals surface area (Å²) in [6.07, 6.45) is 0.241. The number of benzene rings is 1. The number of likely N-dealkylation sites (tertiary alicyclic amines) is 1. The number of nitrogens with one attached hydrogen (secondary N) is 1. The topological polar surface area (TPSA) is 56.4 Å². The Morgan fingerprint density at radius 2 is 2.12 bits per heavy atom. The first-order valence-electron chi connectivity index (χ1n) is 7.99. The van der Waals surface area contributed by atoms with E-state index < -0.39 is 5.54 Å². The van der Waals surface area contributed by atoms with Crippen molar-refractivity contribution in [2.75, 3.05) is 14.1 Å². The van der Waals surface area contributed by atoms with Gasteiger partial charge in [-0.3, -0.25) is 9.59 Å². The third-order valence-corrected chi connectivity index (χ3v) is 5.19. The van der Waals surface area contributed by atoms with Crippen LogP contribution in [0, 0.1) is 11.7 Å². The van der Waals surface area contributed by atoms with Crippen LogP contribution in [0.1, 0.15) is 26.0 Å². The maximum absolute atomic E-state index is 13.3. The fourth-order valence-electron chi connectivity index (χ4n) is 3.35. The lowest BCUT2D eigenvalue weighted by atomic mass is 9.87. The lowest BCUT2D eigenvalue weighted by Crippen LogP contribution is -2.47. The summed E-state index contributed by atoms with van der Waals surface area (Å²) < 4.78 is 13.3. The third kappa shape index (κ3) is 2.66. The Balaban J connectivity index is 1.77. The van der Waals surface area contributed by atoms with E-state index in [-0.39, 0.29) is 30.0 Å². The van der Waals surface area contributed by atoms with Crippen LogP contribution >= 0.6 is 0 Å². The van der Waals surface area contributed by atoms with Crippen LogP contribution < -0.4 is 0 Å². The normalized spacial score (nSPS) is 20.0. The molecule has 1 fully saturated rings. The van der Waals surface area contributed by atoms with Crippen LogP contribution in [0.2, 0.25) is 0 Å². The molecule has 2 heterocycles. The van der Waals surface area contributed by atoms with E-state index >= 15 is 0 Å². The van der Waals surface area contributed by atoms with E-state index in [1.807, 2.05) is 19.9 Å². The summed E-state index contributed by atoms with van der Waals surface area (Å²) in [5.74, 6) is -0.705. The molecule has 2 aromatic rings. The van der Waals surface area contributed by atoms with Crippen LogP contribution in [-0.2, 0) is 16.1 Å². The highest BCUT2D eigenvalue weighted by Crippen LogP contribution is 2.35. The number of rotatable bonds is 3. The van der Waals surface area contributed by atoms with Gasteiger partial charge < -0.3 is 14.8 Å². The molecule has 0 aliphatic carbocycles. The number of halogens is 1. The Morgan fingerprint density at radius 1 is 1.42 bits per heavy atom. The van der Waals surface area contributed by atoms with Crippen molar-refractivity contribution in [3.05, 3.63) is 35.8 Å². The summed E-state index contributed by atoms with van der Waals surface area (Å²) in [5.41, 5.74) is 1.18. The summed E-state index contributed by atoms with van der Waals surface area (Å²) in [6, 6.07) is 6.40. The van der Waals surface area contributed by atoms with Crippen LogP contribution in [0.4, 0.5) is 4.39 Å². The molecule has 0 radical (unpaired) electrons. The zero-order valence-corrected chi connectivity index (χ0v) is 14.4. The molecule has 1 unspecified atom stereocenters. The Labute approximate surface area is 140 Å². The zero-order chi connectivity index (χ0) is 17.6. The Bertz CT molecular complexity index is 812. The molecule has 0 spiro atoms. The minimum atomic E-state index is -0.494. The molecule has 0 saturated carbocycles. The second kappa shape index (κ2) is 5.61. The molecule has 24 heavy (non-hydrogen) atoms. The van der Waals surface area contributed by atoms with E-state index in [0.717, 1.165) is 16.6 Å². The molecular weight excluding hydrogens is 309 g/mol. The van der Waals surface area contributed by atoms with E-state index in [4.69, 9.17) is 0 Å². The lowest BCUT2D eigenvalue weighted by molar-refractivity contribution is -0.137. The van der Waals surface area contributed by atoms with Crippen LogP contribution in [0.25, 0.3) is 10.9 Å². The highest BCUT2D eigenvalue weighted by atomic mass is 19.1. The van der Waals surface area contributed by atoms with Gasteiger partial charge in [0.2, 0.25) is 11.8 Å². The van der Waals surface area contributed by atoms with Crippen LogP contribution in [0.3, 0.4) is 0 Å². The molecule has 1 atom stereocenters. The number of hydrogen-bond donors (Lipinski definition) is 1. The minimum absolute atomic E-state index is 0.00663. The predicted molar refractivity (Wildman–Crippen MR) is 89.7 cm³/mol. The Morgan fingerprint density at radius 3 is 2.75 bits per heavy atom. The van der Waals surface area contributed by atoms with Gasteiger partial charge in [0.05, 0.1) is 12.5 Å². The first-order chi connectivity index (χ1) is 11.2. The van der Waals surface area contributed by atoms with Crippen molar-refractivity contribution in [3.8, 4) is 0 Å². The minimum Gasteiger partial charge on any atom is -0.357 e. The van der Waals surface area contributed by atoms with Crippen LogP contribution in [0.5, 0.6) is 0 Å². The molecule has 3 rings (SSSR count). The standard InChI is InChI=1S/C18H22FN3O2/c1-18(2)14(9-16(23)22(18)4)17(24)21(3)10-13-8-11-7-12(19)5-6-15(11)20-13/h5-8,14,20H,9-10H2,1-4H3. The number of carbonyl (C=O) groups excluding carboxylic acids is 2. The van der Waals surface area contributed by atoms with E-state index in [0.29, 0.717) is 6.54 Å². The SMILES string of the molecule is CN(Cc1cc2cc(F)ccc2[nH]1)C(=O)C1CC(=O)N(C)C1(C)C. The first-order valence-corrected chi connectivity index (χ1v) is 7.99. The van der Waals surface area contributed by atoms with Gasteiger partial charge >= 0.3 is 0 Å². The quantitative estimate of drug-likeness (QED) is 0.939. The highest BCUT2D eigenvalue weighted by molar-refractivity contribution is 5.91. The van der Waals surface area contributed by atoms with Crippen molar-refractivity contribution in [1.29, 1.82) is 0 Å². The van der Waals surface area contributed by atoms with Crippen LogP contribution in [0.15, 0.2) is 24.3 Å². The van der Waals surface area contributed by atoms with Gasteiger partial charge in [0, 0.05) is 42.7 Å². The van der Waals surface area contributed by atoms with Gasteiger partial charge in [-0.25, -0.2) is 4.39 Å². The number of nitrogens with zero attached hydrogens (tertiary/aromatic N) is 2. The first kappa shape index (κ1) is 16.5. The Hall–Kier alpha value is -2.37. The van der Waals surface area contributed by atoms with Crippen LogP contribution in [-0.4, -0.2) is 46.2 Å². The second-order valence-corrected chi connectivity index (χ2v) is 7.08. The van der Waals surface area contributed by atoms with Gasteiger partial charge in [-0.15, -0.1) is 0 Å². The maximum Gasteiger partial charge on any atom is 0.228 e. The number of hydrogen-bond acceptors (Lipinski definition) is 2. The molecule has 1 N–H and O–H groups in total. The summed E-state index contributed by atoms with van der Waals surface area (Å²) in [7, 11) is 3.47. The van der Waals surface area contributed by atoms with E-state index in [1.165, 1.54) is 12.1 Å². The lowest BCUT2D eigenvalue weighted by Gasteiger charge is -2.34. The number of aromatic amines is 1. The van der Waals surface area contributed by atoms with Gasteiger partial charge in [-0.05, 0) is 38.1 Å². The second-order valence-electron chi connectivity index (χ2n) is 7.08. The number of H-pyrrole nitrogens is 1. The smallest absolute Gasteiger partial charge is 0.228 e. The molecule has 1 aliphatic heterocycles. The molecule has 1 aliphatic rings. The summed E-state index contributed by atoms with van der Waals surface area (Å²) >= 11 is 0. The number of carbonyl (C=O) groups is 2. The number of fused-ring (bicyclic) bond motifs is 1. The van der Waals surface area contributed by atoms with Gasteiger partial charge in [-0.1, -0.05) is 0 Å². The van der Waals surface area contributed by atoms with E-state index in [2.05, 4.69) is 4.98 Å². The van der Waals surface area contributed by atoms with Crippen molar-refractivity contribution >= 4 is 22.7 Å². The van der Waals surface area contributed by atoms with Gasteiger partial charge in [-0.2, -0.15) is 0 Å². The summed E-state index contributed by atoms with van der Waals surface area (Å²) in [4.78, 5) is 31.2. The van der Waals surface area contributed by atoms with Gasteiger partial charge in [0.15, 0.2) is 0 Å². The predicted octanol–water partition coefficient (Wildman–Crippen LogP) is 2.52. The average molecular weight is 331 g/mol. The monoisotopic (exact) mass is 331 g/mol. The largest absolute Gasteiger partial charge is 0.357 e. The third-order valence-electron chi connectivity index (χ3n) is 5.19. The summed E-state index contributed by atoms with van der Waals surface area (Å²) in [6.45, 7) is 4.22. The van der Waals surface area contributed by atoms with Gasteiger partial charge in [0.25, 0.3) is 0 Å². The molecule has 128 valence electrons. The molecular formula is C18H22FN3O2. The molecule has 1 aromatic heterocycles. The van der Waals surface area contributed by atoms with Crippen molar-refractivity contribution in [3.63, 3.8) is 0 Å². The van der Waals surface area contributed by atoms with E-state index in [1.54, 1.807) is 30.0 Å². The maximum atomic E-state index is 13.3. The molecule has 2 amide bonds. The number of aromatic nitrogens is 1. The number of amides is 2. The van der Waals surface area contributed by atoms with Crippen molar-refractivity contribution < 1.29 is 14.0 Å². The zero-order valence-electron chi connectivity index (χ0n) is 14.4. The van der Waals surface area contributed by atoms with Crippen molar-refractivity contribution in [1.82, 2.24) is 14.8 Å². The fraction of sp³-hybridized carbons (Fsp3) is 0.444.